The zero-order chi connectivity index (χ0) is 8.27. The summed E-state index contributed by atoms with van der Waals surface area (Å²) in [7, 11) is 0. The number of alkyl halides is 1. The molecule has 0 bridgehead atoms. The predicted octanol–water partition coefficient (Wildman–Crippen LogP) is 1.23. The van der Waals surface area contributed by atoms with Crippen LogP contribution in [-0.2, 0) is 4.79 Å². The molecule has 2 unspecified atom stereocenters. The minimum Gasteiger partial charge on any atom is -0.314 e. The number of carbonyl (C=O) groups is 1. The predicted molar refractivity (Wildman–Crippen MR) is 41.4 cm³/mol. The summed E-state index contributed by atoms with van der Waals surface area (Å²) < 4.78 is 12.7. The summed E-state index contributed by atoms with van der Waals surface area (Å²) in [6.45, 7) is 0.924. The molecular formula is C7H11ClFNO. The fraction of sp³-hybridized carbons (Fsp3) is 0.857. The molecule has 4 heteroatoms. The Morgan fingerprint density at radius 2 is 2.55 bits per heavy atom. The van der Waals surface area contributed by atoms with E-state index >= 15 is 0 Å². The summed E-state index contributed by atoms with van der Waals surface area (Å²) in [6, 6.07) is 0.146. The van der Waals surface area contributed by atoms with Crippen LogP contribution in [0, 0.1) is 0 Å². The molecule has 1 aliphatic rings. The third-order valence-corrected chi connectivity index (χ3v) is 2.14. The van der Waals surface area contributed by atoms with Crippen molar-refractivity contribution in [2.45, 2.75) is 31.5 Å². The Balaban J connectivity index is 2.23. The molecule has 2 nitrogen and oxygen atoms in total. The van der Waals surface area contributed by atoms with Gasteiger partial charge in [0.15, 0.2) is 6.17 Å². The van der Waals surface area contributed by atoms with Gasteiger partial charge in [-0.15, -0.1) is 0 Å². The van der Waals surface area contributed by atoms with E-state index in [0.29, 0.717) is 0 Å². The van der Waals surface area contributed by atoms with Crippen molar-refractivity contribution in [3.63, 3.8) is 0 Å². The van der Waals surface area contributed by atoms with E-state index in [4.69, 9.17) is 11.6 Å². The SMILES string of the molecule is O=C(Cl)C(F)CC1CCCN1. The number of hydrogen-bond acceptors (Lipinski definition) is 2. The van der Waals surface area contributed by atoms with Crippen LogP contribution in [0.1, 0.15) is 19.3 Å². The summed E-state index contributed by atoms with van der Waals surface area (Å²) in [5.41, 5.74) is 0. The Bertz CT molecular complexity index is 147. The minimum absolute atomic E-state index is 0.146. The highest BCUT2D eigenvalue weighted by atomic mass is 35.5. The van der Waals surface area contributed by atoms with Crippen molar-refractivity contribution >= 4 is 16.8 Å². The van der Waals surface area contributed by atoms with Gasteiger partial charge in [-0.2, -0.15) is 0 Å². The van der Waals surface area contributed by atoms with E-state index in [0.717, 1.165) is 19.4 Å². The van der Waals surface area contributed by atoms with Crippen molar-refractivity contribution in [2.24, 2.45) is 0 Å². The standard InChI is InChI=1S/C7H11ClFNO/c8-7(11)6(9)4-5-2-1-3-10-5/h5-6,10H,1-4H2. The van der Waals surface area contributed by atoms with Gasteiger partial charge in [-0.25, -0.2) is 4.39 Å². The zero-order valence-electron chi connectivity index (χ0n) is 6.15. The molecule has 0 amide bonds. The van der Waals surface area contributed by atoms with Crippen LogP contribution in [0.15, 0.2) is 0 Å². The summed E-state index contributed by atoms with van der Waals surface area (Å²) >= 11 is 4.96. The highest BCUT2D eigenvalue weighted by molar-refractivity contribution is 6.64. The normalized spacial score (nSPS) is 26.9. The van der Waals surface area contributed by atoms with Crippen molar-refractivity contribution in [1.29, 1.82) is 0 Å². The maximum atomic E-state index is 12.7. The van der Waals surface area contributed by atoms with E-state index in [2.05, 4.69) is 5.32 Å². The van der Waals surface area contributed by atoms with Crippen LogP contribution < -0.4 is 5.32 Å². The molecule has 0 aromatic heterocycles. The fourth-order valence-electron chi connectivity index (χ4n) is 1.30. The summed E-state index contributed by atoms with van der Waals surface area (Å²) in [4.78, 5) is 10.3. The first kappa shape index (κ1) is 8.94. The maximum absolute atomic E-state index is 12.7. The Kier molecular flexibility index (Phi) is 3.27. The Morgan fingerprint density at radius 1 is 1.82 bits per heavy atom. The topological polar surface area (TPSA) is 29.1 Å². The van der Waals surface area contributed by atoms with Gasteiger partial charge in [0.2, 0.25) is 0 Å². The molecule has 11 heavy (non-hydrogen) atoms. The minimum atomic E-state index is -1.49. The second-order valence-corrected chi connectivity index (χ2v) is 3.17. The van der Waals surface area contributed by atoms with Crippen molar-refractivity contribution in [2.75, 3.05) is 6.54 Å². The van der Waals surface area contributed by atoms with Gasteiger partial charge in [0.05, 0.1) is 0 Å². The fourth-order valence-corrected chi connectivity index (χ4v) is 1.39. The Labute approximate surface area is 70.1 Å². The van der Waals surface area contributed by atoms with Crippen LogP contribution in [0.5, 0.6) is 0 Å². The van der Waals surface area contributed by atoms with Gasteiger partial charge in [0.25, 0.3) is 5.24 Å². The van der Waals surface area contributed by atoms with Crippen molar-refractivity contribution in [1.82, 2.24) is 5.32 Å². The Morgan fingerprint density at radius 3 is 3.00 bits per heavy atom. The van der Waals surface area contributed by atoms with Crippen LogP contribution in [0.25, 0.3) is 0 Å². The van der Waals surface area contributed by atoms with Gasteiger partial charge >= 0.3 is 0 Å². The van der Waals surface area contributed by atoms with Gasteiger partial charge in [0.1, 0.15) is 0 Å². The van der Waals surface area contributed by atoms with E-state index in [1.807, 2.05) is 0 Å². The molecule has 0 aromatic carbocycles. The lowest BCUT2D eigenvalue weighted by Gasteiger charge is -2.09. The van der Waals surface area contributed by atoms with Crippen LogP contribution in [0.4, 0.5) is 4.39 Å². The monoisotopic (exact) mass is 179 g/mol. The molecule has 0 saturated carbocycles. The quantitative estimate of drug-likeness (QED) is 0.661. The highest BCUT2D eigenvalue weighted by Gasteiger charge is 2.22. The van der Waals surface area contributed by atoms with Crippen LogP contribution in [0.2, 0.25) is 0 Å². The molecule has 0 aromatic rings. The van der Waals surface area contributed by atoms with Crippen LogP contribution in [-0.4, -0.2) is 24.0 Å². The van der Waals surface area contributed by atoms with E-state index in [1.54, 1.807) is 0 Å². The second kappa shape index (κ2) is 4.02. The second-order valence-electron chi connectivity index (χ2n) is 2.80. The third-order valence-electron chi connectivity index (χ3n) is 1.90. The largest absolute Gasteiger partial charge is 0.314 e. The molecule has 64 valence electrons. The molecule has 1 aliphatic heterocycles. The van der Waals surface area contributed by atoms with Gasteiger partial charge < -0.3 is 5.32 Å². The van der Waals surface area contributed by atoms with Gasteiger partial charge in [-0.3, -0.25) is 4.79 Å². The molecular weight excluding hydrogens is 169 g/mol. The van der Waals surface area contributed by atoms with Crippen molar-refractivity contribution in [3.8, 4) is 0 Å². The first-order valence-corrected chi connectivity index (χ1v) is 4.14. The van der Waals surface area contributed by atoms with Crippen molar-refractivity contribution < 1.29 is 9.18 Å². The van der Waals surface area contributed by atoms with Crippen molar-refractivity contribution in [3.05, 3.63) is 0 Å². The molecule has 0 spiro atoms. The molecule has 2 atom stereocenters. The molecule has 1 N–H and O–H groups in total. The first-order valence-electron chi connectivity index (χ1n) is 3.77. The first-order chi connectivity index (χ1) is 5.20. The average Bonchev–Trinajstić information content (AvgIpc) is 2.39. The van der Waals surface area contributed by atoms with Gasteiger partial charge in [-0.05, 0) is 31.0 Å². The lowest BCUT2D eigenvalue weighted by Crippen LogP contribution is -2.27. The van der Waals surface area contributed by atoms with Gasteiger partial charge in [0, 0.05) is 12.5 Å². The van der Waals surface area contributed by atoms with E-state index < -0.39 is 11.4 Å². The Hall–Kier alpha value is -0.150. The highest BCUT2D eigenvalue weighted by Crippen LogP contribution is 2.14. The van der Waals surface area contributed by atoms with E-state index in [-0.39, 0.29) is 12.5 Å². The average molecular weight is 180 g/mol. The third kappa shape index (κ3) is 2.75. The number of nitrogens with one attached hydrogen (secondary N) is 1. The van der Waals surface area contributed by atoms with E-state index in [1.165, 1.54) is 0 Å². The smallest absolute Gasteiger partial charge is 0.255 e. The van der Waals surface area contributed by atoms with E-state index in [9.17, 15) is 9.18 Å². The molecule has 1 rings (SSSR count). The molecule has 0 aliphatic carbocycles. The number of halogens is 2. The summed E-state index contributed by atoms with van der Waals surface area (Å²) in [5, 5.41) is 2.22. The number of hydrogen-bond donors (Lipinski definition) is 1. The van der Waals surface area contributed by atoms with Crippen LogP contribution in [0.3, 0.4) is 0 Å². The molecule has 1 saturated heterocycles. The molecule has 1 fully saturated rings. The lowest BCUT2D eigenvalue weighted by atomic mass is 10.1. The molecule has 1 heterocycles. The van der Waals surface area contributed by atoms with Crippen LogP contribution >= 0.6 is 11.6 Å². The summed E-state index contributed by atoms with van der Waals surface area (Å²) in [5.74, 6) is 0. The number of carbonyl (C=O) groups excluding carboxylic acids is 1. The summed E-state index contributed by atoms with van der Waals surface area (Å²) in [6.07, 6.45) is 0.744. The molecule has 0 radical (unpaired) electrons. The number of rotatable bonds is 3. The lowest BCUT2D eigenvalue weighted by molar-refractivity contribution is -0.116. The van der Waals surface area contributed by atoms with Gasteiger partial charge in [-0.1, -0.05) is 0 Å². The zero-order valence-corrected chi connectivity index (χ0v) is 6.90. The maximum Gasteiger partial charge on any atom is 0.255 e.